The van der Waals surface area contributed by atoms with Crippen LogP contribution in [-0.4, -0.2) is 6.04 Å². The van der Waals surface area contributed by atoms with Gasteiger partial charge in [0.05, 0.1) is 5.69 Å². The molecule has 0 saturated carbocycles. The summed E-state index contributed by atoms with van der Waals surface area (Å²) in [4.78, 5) is 0. The van der Waals surface area contributed by atoms with Crippen LogP contribution in [0.1, 0.15) is 39.5 Å². The van der Waals surface area contributed by atoms with Crippen LogP contribution in [0.5, 0.6) is 0 Å². The summed E-state index contributed by atoms with van der Waals surface area (Å²) in [6, 6.07) is 1.54. The van der Waals surface area contributed by atoms with Gasteiger partial charge in [0.1, 0.15) is 5.82 Å². The van der Waals surface area contributed by atoms with Gasteiger partial charge in [0.25, 0.3) is 0 Å². The fourth-order valence-corrected chi connectivity index (χ4v) is 1.68. The molecule has 1 N–H and O–H groups in total. The topological polar surface area (TPSA) is 12.0 Å². The molecule has 17 heavy (non-hydrogen) atoms. The molecule has 0 heterocycles. The number of hydrogen-bond acceptors (Lipinski definition) is 1. The Balaban J connectivity index is 2.75. The van der Waals surface area contributed by atoms with E-state index in [2.05, 4.69) is 12.2 Å². The van der Waals surface area contributed by atoms with Gasteiger partial charge in [-0.25, -0.2) is 13.2 Å². The van der Waals surface area contributed by atoms with E-state index in [1.807, 2.05) is 6.92 Å². The molecule has 0 aromatic heterocycles. The molecule has 0 spiro atoms. The molecule has 96 valence electrons. The lowest BCUT2D eigenvalue weighted by Crippen LogP contribution is -2.19. The highest BCUT2D eigenvalue weighted by Crippen LogP contribution is 2.21. The second-order valence-electron chi connectivity index (χ2n) is 4.14. The summed E-state index contributed by atoms with van der Waals surface area (Å²) >= 11 is 0. The molecular formula is C13H18F3N. The van der Waals surface area contributed by atoms with Crippen molar-refractivity contribution in [1.82, 2.24) is 0 Å². The normalized spacial score (nSPS) is 12.5. The van der Waals surface area contributed by atoms with Crippen molar-refractivity contribution < 1.29 is 13.2 Å². The molecule has 1 aromatic carbocycles. The van der Waals surface area contributed by atoms with E-state index in [9.17, 15) is 13.2 Å². The van der Waals surface area contributed by atoms with E-state index in [0.717, 1.165) is 31.7 Å². The van der Waals surface area contributed by atoms with E-state index in [1.54, 1.807) is 0 Å². The summed E-state index contributed by atoms with van der Waals surface area (Å²) in [5, 5.41) is 2.92. The van der Waals surface area contributed by atoms with Gasteiger partial charge < -0.3 is 5.32 Å². The minimum atomic E-state index is -1.16. The minimum Gasteiger partial charge on any atom is -0.380 e. The van der Waals surface area contributed by atoms with Gasteiger partial charge in [-0.3, -0.25) is 0 Å². The number of rotatable bonds is 6. The SMILES string of the molecule is CCCCC(CC)Nc1cc(F)c(F)cc1F. The second-order valence-corrected chi connectivity index (χ2v) is 4.14. The van der Waals surface area contributed by atoms with Gasteiger partial charge in [0, 0.05) is 18.2 Å². The molecular weight excluding hydrogens is 227 g/mol. The van der Waals surface area contributed by atoms with Crippen molar-refractivity contribution in [1.29, 1.82) is 0 Å². The number of hydrogen-bond donors (Lipinski definition) is 1. The maximum Gasteiger partial charge on any atom is 0.161 e. The van der Waals surface area contributed by atoms with Gasteiger partial charge in [-0.15, -0.1) is 0 Å². The maximum atomic E-state index is 13.4. The molecule has 0 amide bonds. The lowest BCUT2D eigenvalue weighted by Gasteiger charge is -2.18. The van der Waals surface area contributed by atoms with Crippen LogP contribution in [0, 0.1) is 17.5 Å². The fraction of sp³-hybridized carbons (Fsp3) is 0.538. The Morgan fingerprint density at radius 3 is 2.29 bits per heavy atom. The first-order valence-electron chi connectivity index (χ1n) is 5.99. The van der Waals surface area contributed by atoms with E-state index in [-0.39, 0.29) is 11.7 Å². The highest BCUT2D eigenvalue weighted by Gasteiger charge is 2.12. The Morgan fingerprint density at radius 2 is 1.71 bits per heavy atom. The van der Waals surface area contributed by atoms with E-state index >= 15 is 0 Å². The molecule has 0 saturated heterocycles. The maximum absolute atomic E-state index is 13.4. The van der Waals surface area contributed by atoms with E-state index < -0.39 is 17.5 Å². The zero-order valence-corrected chi connectivity index (χ0v) is 10.2. The lowest BCUT2D eigenvalue weighted by molar-refractivity contribution is 0.494. The molecule has 1 nitrogen and oxygen atoms in total. The third-order valence-corrected chi connectivity index (χ3v) is 2.77. The van der Waals surface area contributed by atoms with Crippen molar-refractivity contribution in [2.24, 2.45) is 0 Å². The van der Waals surface area contributed by atoms with Crippen LogP contribution in [0.2, 0.25) is 0 Å². The number of halogens is 3. The predicted molar refractivity (Wildman–Crippen MR) is 63.5 cm³/mol. The summed E-state index contributed by atoms with van der Waals surface area (Å²) in [6.45, 7) is 4.05. The molecule has 0 fully saturated rings. The van der Waals surface area contributed by atoms with Gasteiger partial charge in [-0.1, -0.05) is 26.7 Å². The van der Waals surface area contributed by atoms with Crippen LogP contribution in [0.3, 0.4) is 0 Å². The zero-order valence-electron chi connectivity index (χ0n) is 10.2. The third kappa shape index (κ3) is 3.95. The van der Waals surface area contributed by atoms with Gasteiger partial charge in [-0.2, -0.15) is 0 Å². The van der Waals surface area contributed by atoms with Crippen LogP contribution in [-0.2, 0) is 0 Å². The molecule has 4 heteroatoms. The predicted octanol–water partition coefficient (Wildman–Crippen LogP) is 4.48. The van der Waals surface area contributed by atoms with E-state index in [1.165, 1.54) is 0 Å². The zero-order chi connectivity index (χ0) is 12.8. The molecule has 0 aliphatic heterocycles. The van der Waals surface area contributed by atoms with Crippen molar-refractivity contribution in [3.63, 3.8) is 0 Å². The van der Waals surface area contributed by atoms with Crippen molar-refractivity contribution in [3.8, 4) is 0 Å². The smallest absolute Gasteiger partial charge is 0.161 e. The Bertz CT molecular complexity index is 366. The largest absolute Gasteiger partial charge is 0.380 e. The summed E-state index contributed by atoms with van der Waals surface area (Å²) in [5.41, 5.74) is 0.0341. The van der Waals surface area contributed by atoms with Crippen LogP contribution < -0.4 is 5.32 Å². The summed E-state index contributed by atoms with van der Waals surface area (Å²) < 4.78 is 39.1. The molecule has 1 aromatic rings. The monoisotopic (exact) mass is 245 g/mol. The number of anilines is 1. The average molecular weight is 245 g/mol. The number of nitrogens with one attached hydrogen (secondary N) is 1. The molecule has 0 aliphatic rings. The fourth-order valence-electron chi connectivity index (χ4n) is 1.68. The van der Waals surface area contributed by atoms with Crippen molar-refractivity contribution in [2.45, 2.75) is 45.6 Å². The van der Waals surface area contributed by atoms with E-state index in [0.29, 0.717) is 6.07 Å². The van der Waals surface area contributed by atoms with Gasteiger partial charge >= 0.3 is 0 Å². The average Bonchev–Trinajstić information content (AvgIpc) is 2.30. The Kier molecular flexibility index (Phi) is 5.32. The van der Waals surface area contributed by atoms with Crippen LogP contribution in [0.4, 0.5) is 18.9 Å². The molecule has 0 bridgehead atoms. The summed E-state index contributed by atoms with van der Waals surface area (Å²) in [7, 11) is 0. The number of unbranched alkanes of at least 4 members (excludes halogenated alkanes) is 1. The van der Waals surface area contributed by atoms with Gasteiger partial charge in [0.15, 0.2) is 11.6 Å². The highest BCUT2D eigenvalue weighted by molar-refractivity contribution is 5.46. The van der Waals surface area contributed by atoms with Gasteiger partial charge in [-0.05, 0) is 12.8 Å². The molecule has 0 aliphatic carbocycles. The van der Waals surface area contributed by atoms with E-state index in [4.69, 9.17) is 0 Å². The Morgan fingerprint density at radius 1 is 1.06 bits per heavy atom. The first kappa shape index (κ1) is 13.9. The Hall–Kier alpha value is -1.19. The first-order chi connectivity index (χ1) is 8.08. The standard InChI is InChI=1S/C13H18F3N/c1-3-5-6-9(4-2)17-13-8-11(15)10(14)7-12(13)16/h7-9,17H,3-6H2,1-2H3. The highest BCUT2D eigenvalue weighted by atomic mass is 19.2. The van der Waals surface area contributed by atoms with Crippen LogP contribution >= 0.6 is 0 Å². The van der Waals surface area contributed by atoms with Crippen LogP contribution in [0.15, 0.2) is 12.1 Å². The molecule has 0 radical (unpaired) electrons. The number of benzene rings is 1. The summed E-state index contributed by atoms with van der Waals surface area (Å²) in [5.74, 6) is -2.94. The Labute approximate surface area is 100 Å². The molecule has 1 atom stereocenters. The lowest BCUT2D eigenvalue weighted by atomic mass is 10.1. The van der Waals surface area contributed by atoms with Crippen molar-refractivity contribution in [2.75, 3.05) is 5.32 Å². The first-order valence-corrected chi connectivity index (χ1v) is 5.99. The summed E-state index contributed by atoms with van der Waals surface area (Å²) in [6.07, 6.45) is 3.79. The molecule has 1 rings (SSSR count). The van der Waals surface area contributed by atoms with Crippen molar-refractivity contribution in [3.05, 3.63) is 29.6 Å². The van der Waals surface area contributed by atoms with Gasteiger partial charge in [0.2, 0.25) is 0 Å². The quantitative estimate of drug-likeness (QED) is 0.728. The second kappa shape index (κ2) is 6.52. The minimum absolute atomic E-state index is 0.0341. The molecule has 1 unspecified atom stereocenters. The van der Waals surface area contributed by atoms with Crippen LogP contribution in [0.25, 0.3) is 0 Å². The third-order valence-electron chi connectivity index (χ3n) is 2.77. The van der Waals surface area contributed by atoms with Crippen molar-refractivity contribution >= 4 is 5.69 Å².